The topological polar surface area (TPSA) is 70.5 Å². The first-order valence-electron chi connectivity index (χ1n) is 8.86. The van der Waals surface area contributed by atoms with Crippen LogP contribution in [0.15, 0.2) is 30.3 Å². The number of hydrogen-bond donors (Lipinski definition) is 2. The third-order valence-electron chi connectivity index (χ3n) is 4.26. The fraction of sp³-hybridized carbons (Fsp3) is 0.100. The van der Waals surface area contributed by atoms with E-state index in [4.69, 9.17) is 11.5 Å². The number of alkyl halides is 6. The van der Waals surface area contributed by atoms with Gasteiger partial charge in [-0.25, -0.2) is 22.0 Å². The molecule has 0 aliphatic carbocycles. The van der Waals surface area contributed by atoms with Crippen LogP contribution in [0.3, 0.4) is 0 Å². The summed E-state index contributed by atoms with van der Waals surface area (Å²) in [5.74, 6) is -15.8. The Morgan fingerprint density at radius 1 is 0.543 bits per heavy atom. The van der Waals surface area contributed by atoms with E-state index in [1.807, 2.05) is 0 Å². The van der Waals surface area contributed by atoms with Crippen LogP contribution in [-0.4, -0.2) is 0 Å². The lowest BCUT2D eigenvalue weighted by Gasteiger charge is -2.23. The first-order chi connectivity index (χ1) is 16.0. The van der Waals surface area contributed by atoms with E-state index in [0.717, 1.165) is 0 Å². The van der Waals surface area contributed by atoms with Crippen molar-refractivity contribution in [3.8, 4) is 23.0 Å². The summed E-state index contributed by atoms with van der Waals surface area (Å²) in [6.07, 6.45) is -11.7. The number of nitrogen functional groups attached to an aromatic ring is 2. The molecule has 15 heteroatoms. The molecule has 0 unspecified atom stereocenters. The summed E-state index contributed by atoms with van der Waals surface area (Å²) in [4.78, 5) is 0. The van der Waals surface area contributed by atoms with Crippen molar-refractivity contribution >= 4 is 11.4 Å². The largest absolute Gasteiger partial charge is 0.453 e. The highest BCUT2D eigenvalue weighted by Crippen LogP contribution is 2.52. The lowest BCUT2D eigenvalue weighted by atomic mass is 10.0. The monoisotopic (exact) mass is 518 g/mol. The molecular formula is C20H9F11N2O2. The summed E-state index contributed by atoms with van der Waals surface area (Å²) in [5.41, 5.74) is 3.01. The molecular weight excluding hydrogens is 509 g/mol. The molecule has 188 valence electrons. The van der Waals surface area contributed by atoms with E-state index in [1.165, 1.54) is 0 Å². The van der Waals surface area contributed by atoms with E-state index in [2.05, 4.69) is 9.47 Å². The van der Waals surface area contributed by atoms with Gasteiger partial charge in [-0.1, -0.05) is 0 Å². The molecule has 0 atom stereocenters. The van der Waals surface area contributed by atoms with Gasteiger partial charge in [0.1, 0.15) is 34.3 Å². The van der Waals surface area contributed by atoms with Gasteiger partial charge in [-0.3, -0.25) is 0 Å². The number of ether oxygens (including phenoxy) is 2. The van der Waals surface area contributed by atoms with Crippen LogP contribution in [0, 0.1) is 29.1 Å². The van der Waals surface area contributed by atoms with Crippen LogP contribution in [0.4, 0.5) is 59.7 Å². The maximum Gasteiger partial charge on any atom is 0.423 e. The standard InChI is InChI=1S/C20H9F11N2O2/c21-6-1-9(32)16(24)12(3-6)34-11-5-8(23)14(19(26,27)28)18(15(11)20(29,30)31)35-13-4-7(22)2-10(33)17(13)25/h1-5H,32-33H2. The fourth-order valence-corrected chi connectivity index (χ4v) is 2.87. The predicted octanol–water partition coefficient (Wildman–Crippen LogP) is 7.17. The Morgan fingerprint density at radius 3 is 1.40 bits per heavy atom. The average Bonchev–Trinajstić information content (AvgIpc) is 2.67. The Kier molecular flexibility index (Phi) is 6.39. The minimum absolute atomic E-state index is 0.0460. The highest BCUT2D eigenvalue weighted by atomic mass is 19.4. The Hall–Kier alpha value is -3.91. The zero-order chi connectivity index (χ0) is 26.5. The van der Waals surface area contributed by atoms with Crippen molar-refractivity contribution in [2.75, 3.05) is 11.5 Å². The third kappa shape index (κ3) is 5.12. The lowest BCUT2D eigenvalue weighted by molar-refractivity contribution is -0.147. The van der Waals surface area contributed by atoms with E-state index in [0.29, 0.717) is 12.1 Å². The highest BCUT2D eigenvalue weighted by Gasteiger charge is 2.48. The average molecular weight is 518 g/mol. The zero-order valence-electron chi connectivity index (χ0n) is 16.5. The second-order valence-electron chi connectivity index (χ2n) is 6.75. The molecule has 4 nitrogen and oxygen atoms in total. The second-order valence-corrected chi connectivity index (χ2v) is 6.75. The first kappa shape index (κ1) is 25.7. The summed E-state index contributed by atoms with van der Waals surface area (Å²) in [6.45, 7) is 0. The van der Waals surface area contributed by atoms with Crippen LogP contribution in [0.25, 0.3) is 0 Å². The molecule has 3 aromatic carbocycles. The molecule has 0 saturated heterocycles. The van der Waals surface area contributed by atoms with Crippen LogP contribution >= 0.6 is 0 Å². The van der Waals surface area contributed by atoms with Crippen molar-refractivity contribution in [1.82, 2.24) is 0 Å². The molecule has 0 heterocycles. The second kappa shape index (κ2) is 8.70. The maximum atomic E-state index is 14.5. The molecule has 3 aromatic rings. The molecule has 0 aromatic heterocycles. The van der Waals surface area contributed by atoms with Gasteiger partial charge in [-0.15, -0.1) is 0 Å². The van der Waals surface area contributed by atoms with Gasteiger partial charge in [0.15, 0.2) is 28.9 Å². The Balaban J connectivity index is 2.37. The van der Waals surface area contributed by atoms with Gasteiger partial charge in [-0.05, 0) is 0 Å². The molecule has 0 spiro atoms. The van der Waals surface area contributed by atoms with E-state index < -0.39 is 93.0 Å². The van der Waals surface area contributed by atoms with Gasteiger partial charge >= 0.3 is 12.4 Å². The quantitative estimate of drug-likeness (QED) is 0.284. The summed E-state index contributed by atoms with van der Waals surface area (Å²) < 4.78 is 161. The molecule has 0 fully saturated rings. The van der Waals surface area contributed by atoms with Crippen molar-refractivity contribution < 1.29 is 57.8 Å². The van der Waals surface area contributed by atoms with Crippen LogP contribution in [-0.2, 0) is 12.4 Å². The van der Waals surface area contributed by atoms with E-state index in [-0.39, 0.29) is 12.1 Å². The summed E-state index contributed by atoms with van der Waals surface area (Å²) in [6, 6.07) is 0.551. The minimum Gasteiger partial charge on any atom is -0.453 e. The molecule has 4 N–H and O–H groups in total. The van der Waals surface area contributed by atoms with Gasteiger partial charge in [0.05, 0.1) is 11.4 Å². The number of hydrogen-bond acceptors (Lipinski definition) is 4. The van der Waals surface area contributed by atoms with Gasteiger partial charge in [-0.2, -0.15) is 26.3 Å². The highest BCUT2D eigenvalue weighted by molar-refractivity contribution is 5.58. The van der Waals surface area contributed by atoms with Crippen LogP contribution < -0.4 is 20.9 Å². The molecule has 0 amide bonds. The number of rotatable bonds is 4. The molecule has 0 bridgehead atoms. The third-order valence-corrected chi connectivity index (χ3v) is 4.26. The Morgan fingerprint density at radius 2 is 0.971 bits per heavy atom. The number of halogens is 11. The fourth-order valence-electron chi connectivity index (χ4n) is 2.87. The smallest absolute Gasteiger partial charge is 0.423 e. The molecule has 0 aliphatic rings. The predicted molar refractivity (Wildman–Crippen MR) is 98.1 cm³/mol. The van der Waals surface area contributed by atoms with Gasteiger partial charge in [0, 0.05) is 30.3 Å². The van der Waals surface area contributed by atoms with Crippen LogP contribution in [0.5, 0.6) is 23.0 Å². The number of benzene rings is 3. The van der Waals surface area contributed by atoms with E-state index in [9.17, 15) is 48.3 Å². The molecule has 0 aliphatic heterocycles. The number of nitrogens with two attached hydrogens (primary N) is 2. The van der Waals surface area contributed by atoms with Crippen molar-refractivity contribution in [2.24, 2.45) is 0 Å². The molecule has 35 heavy (non-hydrogen) atoms. The lowest BCUT2D eigenvalue weighted by Crippen LogP contribution is -2.17. The summed E-state index contributed by atoms with van der Waals surface area (Å²) in [7, 11) is 0. The minimum atomic E-state index is -5.87. The maximum absolute atomic E-state index is 14.5. The summed E-state index contributed by atoms with van der Waals surface area (Å²) >= 11 is 0. The van der Waals surface area contributed by atoms with Crippen molar-refractivity contribution in [1.29, 1.82) is 0 Å². The Bertz CT molecular complexity index is 1300. The normalized spacial score (nSPS) is 12.1. The Labute approximate surface area is 187 Å². The van der Waals surface area contributed by atoms with E-state index >= 15 is 0 Å². The van der Waals surface area contributed by atoms with Gasteiger partial charge in [0.2, 0.25) is 0 Å². The SMILES string of the molecule is Nc1cc(F)cc(Oc2cc(F)c(C(F)(F)F)c(Oc3cc(F)cc(N)c3F)c2C(F)(F)F)c1F. The van der Waals surface area contributed by atoms with Crippen LogP contribution in [0.1, 0.15) is 11.1 Å². The van der Waals surface area contributed by atoms with Crippen molar-refractivity contribution in [3.05, 3.63) is 70.5 Å². The van der Waals surface area contributed by atoms with Gasteiger partial charge < -0.3 is 20.9 Å². The van der Waals surface area contributed by atoms with Gasteiger partial charge in [0.25, 0.3) is 0 Å². The van der Waals surface area contributed by atoms with Crippen LogP contribution in [0.2, 0.25) is 0 Å². The molecule has 0 saturated carbocycles. The molecule has 0 radical (unpaired) electrons. The zero-order valence-corrected chi connectivity index (χ0v) is 16.5. The number of anilines is 2. The van der Waals surface area contributed by atoms with Crippen molar-refractivity contribution in [3.63, 3.8) is 0 Å². The van der Waals surface area contributed by atoms with Crippen molar-refractivity contribution in [2.45, 2.75) is 12.4 Å². The first-order valence-corrected chi connectivity index (χ1v) is 8.86. The van der Waals surface area contributed by atoms with E-state index in [1.54, 1.807) is 0 Å². The molecule has 3 rings (SSSR count). The summed E-state index contributed by atoms with van der Waals surface area (Å²) in [5, 5.41) is 0.